The number of amides is 1. The smallest absolute Gasteiger partial charge is 0.256 e. The van der Waals surface area contributed by atoms with Gasteiger partial charge in [-0.1, -0.05) is 12.1 Å². The first-order chi connectivity index (χ1) is 12.5. The maximum Gasteiger partial charge on any atom is 0.256 e. The number of para-hydroxylation sites is 1. The number of carbonyl (C=O) groups is 1. The van der Waals surface area contributed by atoms with Crippen LogP contribution < -0.4 is 14.7 Å². The maximum absolute atomic E-state index is 13.0. The van der Waals surface area contributed by atoms with Crippen LogP contribution in [0.15, 0.2) is 36.4 Å². The molecule has 0 radical (unpaired) electrons. The lowest BCUT2D eigenvalue weighted by Gasteiger charge is -2.36. The van der Waals surface area contributed by atoms with E-state index in [4.69, 9.17) is 9.47 Å². The van der Waals surface area contributed by atoms with Gasteiger partial charge in [0.25, 0.3) is 5.91 Å². The Bertz CT molecular complexity index is 822. The van der Waals surface area contributed by atoms with E-state index >= 15 is 0 Å². The zero-order chi connectivity index (χ0) is 18.8. The Morgan fingerprint density at radius 3 is 2.54 bits per heavy atom. The molecule has 0 saturated carbocycles. The first-order valence-corrected chi connectivity index (χ1v) is 8.28. The number of rotatable bonds is 4. The minimum absolute atomic E-state index is 0.0668. The molecule has 0 aromatic heterocycles. The average molecular weight is 357 g/mol. The number of ether oxygens (including phenoxy) is 2. The van der Waals surface area contributed by atoms with Crippen LogP contribution in [0.25, 0.3) is 0 Å². The molecule has 3 rings (SSSR count). The van der Waals surface area contributed by atoms with Crippen molar-refractivity contribution >= 4 is 11.6 Å². The highest BCUT2D eigenvalue weighted by Crippen LogP contribution is 2.38. The summed E-state index contributed by atoms with van der Waals surface area (Å²) in [6.45, 7) is 2.43. The van der Waals surface area contributed by atoms with Crippen molar-refractivity contribution in [2.75, 3.05) is 26.0 Å². The summed E-state index contributed by atoms with van der Waals surface area (Å²) in [5, 5.41) is 20.4. The average Bonchev–Trinajstić information content (AvgIpc) is 2.66. The van der Waals surface area contributed by atoms with Gasteiger partial charge in [0.05, 0.1) is 31.5 Å². The summed E-state index contributed by atoms with van der Waals surface area (Å²) in [7, 11) is 3.16. The molecule has 0 spiro atoms. The van der Waals surface area contributed by atoms with E-state index < -0.39 is 0 Å². The third-order valence-electron chi connectivity index (χ3n) is 4.79. The highest BCUT2D eigenvalue weighted by molar-refractivity contribution is 6.00. The van der Waals surface area contributed by atoms with E-state index in [2.05, 4.69) is 0 Å². The Hall–Kier alpha value is -2.77. The Balaban J connectivity index is 1.97. The second-order valence-electron chi connectivity index (χ2n) is 6.12. The van der Waals surface area contributed by atoms with E-state index in [0.29, 0.717) is 24.5 Å². The molecule has 0 fully saturated rings. The van der Waals surface area contributed by atoms with Gasteiger partial charge in [0.15, 0.2) is 11.5 Å². The molecule has 7 heteroatoms. The number of carbonyl (C=O) groups excluding carboxylic acids is 1. The van der Waals surface area contributed by atoms with Crippen LogP contribution in [-0.4, -0.2) is 36.8 Å². The molecule has 1 N–H and O–H groups in total. The van der Waals surface area contributed by atoms with E-state index in [-0.39, 0.29) is 28.4 Å². The molecule has 2 aromatic carbocycles. The van der Waals surface area contributed by atoms with Crippen LogP contribution in [0.2, 0.25) is 0 Å². The van der Waals surface area contributed by atoms with Crippen LogP contribution in [-0.2, 0) is 6.42 Å². The summed E-state index contributed by atoms with van der Waals surface area (Å²) >= 11 is 0. The largest absolute Gasteiger partial charge is 0.733 e. The van der Waals surface area contributed by atoms with Gasteiger partial charge in [-0.3, -0.25) is 10.0 Å². The number of hydrogen-bond acceptors (Lipinski definition) is 6. The van der Waals surface area contributed by atoms with Crippen molar-refractivity contribution < 1.29 is 19.5 Å². The molecule has 1 amide bonds. The van der Waals surface area contributed by atoms with Crippen molar-refractivity contribution in [3.8, 4) is 11.5 Å². The molecular formula is C19H21N2O5-. The van der Waals surface area contributed by atoms with Gasteiger partial charge < -0.3 is 24.8 Å². The van der Waals surface area contributed by atoms with Gasteiger partial charge >= 0.3 is 0 Å². The number of anilines is 1. The van der Waals surface area contributed by atoms with Crippen LogP contribution in [0, 0.1) is 5.21 Å². The standard InChI is InChI=1S/C19H21N2O5/c1-12-15-11-18(26-3)17(25-2)10-13(15)8-9-20(12)19(22)14-6-4-5-7-16(14)21(23)24/h4-7,10-12,23H,8-9H2,1-3H3/q-1/t12-/m0/s1. The van der Waals surface area contributed by atoms with Crippen LogP contribution in [0.4, 0.5) is 5.69 Å². The summed E-state index contributed by atoms with van der Waals surface area (Å²) in [5.41, 5.74) is 2.17. The molecule has 1 heterocycles. The van der Waals surface area contributed by atoms with Crippen LogP contribution in [0.1, 0.15) is 34.5 Å². The van der Waals surface area contributed by atoms with Crippen molar-refractivity contribution in [1.29, 1.82) is 0 Å². The predicted molar refractivity (Wildman–Crippen MR) is 96.8 cm³/mol. The van der Waals surface area contributed by atoms with E-state index in [1.54, 1.807) is 31.3 Å². The van der Waals surface area contributed by atoms with Crippen molar-refractivity contribution in [3.05, 3.63) is 58.3 Å². The number of benzene rings is 2. The molecule has 0 unspecified atom stereocenters. The van der Waals surface area contributed by atoms with Crippen molar-refractivity contribution in [2.24, 2.45) is 0 Å². The Labute approximate surface area is 151 Å². The molecular weight excluding hydrogens is 336 g/mol. The van der Waals surface area contributed by atoms with E-state index in [1.807, 2.05) is 19.1 Å². The zero-order valence-electron chi connectivity index (χ0n) is 14.9. The fourth-order valence-corrected chi connectivity index (χ4v) is 3.40. The van der Waals surface area contributed by atoms with E-state index in [0.717, 1.165) is 11.1 Å². The highest BCUT2D eigenvalue weighted by Gasteiger charge is 2.30. The second-order valence-corrected chi connectivity index (χ2v) is 6.12. The SMILES string of the molecule is COc1cc2c(cc1OC)[C@H](C)N(C(=O)c1ccccc1N([O-])O)CC2. The molecule has 0 aliphatic carbocycles. The van der Waals surface area contributed by atoms with Gasteiger partial charge in [-0.15, -0.1) is 0 Å². The van der Waals surface area contributed by atoms with Gasteiger partial charge in [-0.2, -0.15) is 0 Å². The van der Waals surface area contributed by atoms with Crippen molar-refractivity contribution in [1.82, 2.24) is 4.90 Å². The molecule has 7 nitrogen and oxygen atoms in total. The first kappa shape index (κ1) is 18.0. The first-order valence-electron chi connectivity index (χ1n) is 8.28. The zero-order valence-corrected chi connectivity index (χ0v) is 14.9. The molecule has 138 valence electrons. The number of hydrogen-bond donors (Lipinski definition) is 1. The van der Waals surface area contributed by atoms with Gasteiger partial charge in [0.2, 0.25) is 0 Å². The van der Waals surface area contributed by atoms with Crippen molar-refractivity contribution in [3.63, 3.8) is 0 Å². The Morgan fingerprint density at radius 1 is 1.23 bits per heavy atom. The summed E-state index contributed by atoms with van der Waals surface area (Å²) in [6.07, 6.45) is 0.661. The fourth-order valence-electron chi connectivity index (χ4n) is 3.40. The maximum atomic E-state index is 13.0. The minimum atomic E-state index is -0.302. The van der Waals surface area contributed by atoms with Crippen LogP contribution in [0.3, 0.4) is 0 Å². The molecule has 1 aliphatic rings. The monoisotopic (exact) mass is 357 g/mol. The summed E-state index contributed by atoms with van der Waals surface area (Å²) in [6, 6.07) is 9.82. The topological polar surface area (TPSA) is 85.3 Å². The Kier molecular flexibility index (Phi) is 5.01. The molecule has 0 bridgehead atoms. The van der Waals surface area contributed by atoms with Crippen molar-refractivity contribution in [2.45, 2.75) is 19.4 Å². The molecule has 2 aromatic rings. The summed E-state index contributed by atoms with van der Waals surface area (Å²) < 4.78 is 10.7. The third-order valence-corrected chi connectivity index (χ3v) is 4.79. The fraction of sp³-hybridized carbons (Fsp3) is 0.316. The number of nitrogens with zero attached hydrogens (tertiary/aromatic N) is 2. The molecule has 26 heavy (non-hydrogen) atoms. The highest BCUT2D eigenvalue weighted by atomic mass is 16.8. The third kappa shape index (κ3) is 3.07. The lowest BCUT2D eigenvalue weighted by atomic mass is 9.92. The predicted octanol–water partition coefficient (Wildman–Crippen LogP) is 3.16. The van der Waals surface area contributed by atoms with Gasteiger partial charge in [-0.25, -0.2) is 0 Å². The quantitative estimate of drug-likeness (QED) is 0.846. The molecule has 1 aliphatic heterocycles. The minimum Gasteiger partial charge on any atom is -0.733 e. The Morgan fingerprint density at radius 2 is 1.88 bits per heavy atom. The van der Waals surface area contributed by atoms with Gasteiger partial charge in [-0.05, 0) is 48.7 Å². The molecule has 1 atom stereocenters. The summed E-state index contributed by atoms with van der Waals surface area (Å²) in [4.78, 5) is 14.7. The van der Waals surface area contributed by atoms with Crippen LogP contribution >= 0.6 is 0 Å². The normalized spacial score (nSPS) is 16.0. The number of fused-ring (bicyclic) bond motifs is 1. The molecule has 0 saturated heterocycles. The van der Waals surface area contributed by atoms with E-state index in [9.17, 15) is 15.2 Å². The summed E-state index contributed by atoms with van der Waals surface area (Å²) in [5.74, 6) is 0.961. The van der Waals surface area contributed by atoms with Gasteiger partial charge in [0.1, 0.15) is 0 Å². The lowest BCUT2D eigenvalue weighted by Crippen LogP contribution is -2.39. The van der Waals surface area contributed by atoms with E-state index in [1.165, 1.54) is 12.1 Å². The van der Waals surface area contributed by atoms with Gasteiger partial charge in [0, 0.05) is 6.54 Å². The second kappa shape index (κ2) is 7.23. The van der Waals surface area contributed by atoms with Crippen LogP contribution in [0.5, 0.6) is 11.5 Å². The lowest BCUT2D eigenvalue weighted by molar-refractivity contribution is 0.0676. The number of methoxy groups -OCH3 is 2.